The van der Waals surface area contributed by atoms with E-state index in [4.69, 9.17) is 17.3 Å². The largest absolute Gasteiger partial charge is 0.396 e. The molecular weight excluding hydrogens is 520 g/mol. The summed E-state index contributed by atoms with van der Waals surface area (Å²) in [6, 6.07) is 10.3. The second-order valence-electron chi connectivity index (χ2n) is 9.02. The number of amides is 3. The highest BCUT2D eigenvalue weighted by molar-refractivity contribution is 6.34. The van der Waals surface area contributed by atoms with E-state index >= 15 is 0 Å². The number of aromatic nitrogens is 4. The maximum atomic E-state index is 12.9. The van der Waals surface area contributed by atoms with E-state index in [1.54, 1.807) is 25.4 Å². The van der Waals surface area contributed by atoms with Crippen LogP contribution in [-0.2, 0) is 6.54 Å². The van der Waals surface area contributed by atoms with Crippen molar-refractivity contribution in [3.63, 3.8) is 0 Å². The predicted molar refractivity (Wildman–Crippen MR) is 150 cm³/mol. The Morgan fingerprint density at radius 3 is 2.54 bits per heavy atom. The van der Waals surface area contributed by atoms with Crippen LogP contribution < -0.4 is 27.2 Å². The zero-order valence-corrected chi connectivity index (χ0v) is 21.7. The number of nitrogens with zero attached hydrogens (tertiary/aromatic N) is 4. The molecule has 3 aromatic heterocycles. The summed E-state index contributed by atoms with van der Waals surface area (Å²) in [5.74, 6) is -0.150. The lowest BCUT2D eigenvalue weighted by Gasteiger charge is -2.13. The van der Waals surface area contributed by atoms with Gasteiger partial charge >= 0.3 is 6.03 Å². The van der Waals surface area contributed by atoms with E-state index in [1.807, 2.05) is 24.3 Å². The monoisotopic (exact) mass is 544 g/mol. The maximum Gasteiger partial charge on any atom is 0.323 e. The molecule has 5 rings (SSSR count). The van der Waals surface area contributed by atoms with Gasteiger partial charge in [0.1, 0.15) is 5.69 Å². The van der Waals surface area contributed by atoms with Crippen LogP contribution in [0.2, 0.25) is 5.02 Å². The highest BCUT2D eigenvalue weighted by Crippen LogP contribution is 2.28. The average Bonchev–Trinajstić information content (AvgIpc) is 3.76. The summed E-state index contributed by atoms with van der Waals surface area (Å²) in [6.07, 6.45) is 7.92. The fraction of sp³-hybridized carbons (Fsp3) is 0.185. The summed E-state index contributed by atoms with van der Waals surface area (Å²) in [4.78, 5) is 46.2. The van der Waals surface area contributed by atoms with E-state index < -0.39 is 11.6 Å². The fourth-order valence-electron chi connectivity index (χ4n) is 3.91. The molecule has 1 aliphatic rings. The number of benzene rings is 1. The van der Waals surface area contributed by atoms with Crippen LogP contribution >= 0.6 is 11.6 Å². The van der Waals surface area contributed by atoms with Crippen LogP contribution in [0.4, 0.5) is 21.9 Å². The van der Waals surface area contributed by atoms with Crippen LogP contribution in [0.15, 0.2) is 66.0 Å². The number of anilines is 3. The van der Waals surface area contributed by atoms with Gasteiger partial charge in [-0.1, -0.05) is 29.8 Å². The number of carbonyl (C=O) groups excluding carboxylic acids is 2. The molecule has 0 bridgehead atoms. The predicted octanol–water partition coefficient (Wildman–Crippen LogP) is 4.16. The molecule has 0 radical (unpaired) electrons. The molecule has 3 heterocycles. The van der Waals surface area contributed by atoms with Crippen LogP contribution in [0.5, 0.6) is 0 Å². The lowest BCUT2D eigenvalue weighted by atomic mass is 10.0. The normalized spacial score (nSPS) is 12.6. The molecule has 198 valence electrons. The Hall–Kier alpha value is -4.77. The maximum absolute atomic E-state index is 12.9. The Morgan fingerprint density at radius 2 is 1.79 bits per heavy atom. The molecule has 4 aromatic rings. The topological polar surface area (TPSA) is 157 Å². The van der Waals surface area contributed by atoms with Gasteiger partial charge in [-0.3, -0.25) is 19.6 Å². The molecule has 12 heteroatoms. The summed E-state index contributed by atoms with van der Waals surface area (Å²) in [5, 5.41) is 12.7. The van der Waals surface area contributed by atoms with Crippen molar-refractivity contribution in [1.82, 2.24) is 25.1 Å². The molecule has 1 saturated carbocycles. The van der Waals surface area contributed by atoms with Gasteiger partial charge in [-0.25, -0.2) is 9.48 Å². The number of rotatable bonds is 7. The van der Waals surface area contributed by atoms with E-state index in [9.17, 15) is 14.4 Å². The Balaban J connectivity index is 1.43. The summed E-state index contributed by atoms with van der Waals surface area (Å²) < 4.78 is 1.26. The lowest BCUT2D eigenvalue weighted by Crippen LogP contribution is -2.30. The third-order valence-corrected chi connectivity index (χ3v) is 6.38. The van der Waals surface area contributed by atoms with Crippen LogP contribution in [0.1, 0.15) is 30.1 Å². The van der Waals surface area contributed by atoms with Crippen molar-refractivity contribution in [2.24, 2.45) is 0 Å². The number of aryl methyl sites for hydroxylation is 1. The molecule has 0 unspecified atom stereocenters. The second-order valence-corrected chi connectivity index (χ2v) is 9.43. The molecule has 1 aromatic carbocycles. The van der Waals surface area contributed by atoms with E-state index in [0.717, 1.165) is 24.0 Å². The van der Waals surface area contributed by atoms with Gasteiger partial charge < -0.3 is 21.7 Å². The van der Waals surface area contributed by atoms with Crippen molar-refractivity contribution in [3.05, 3.63) is 82.1 Å². The van der Waals surface area contributed by atoms with Gasteiger partial charge in [0.2, 0.25) is 0 Å². The van der Waals surface area contributed by atoms with Gasteiger partial charge in [-0.05, 0) is 43.5 Å². The molecule has 39 heavy (non-hydrogen) atoms. The minimum Gasteiger partial charge on any atom is -0.396 e. The number of urea groups is 1. The number of hydrogen-bond donors (Lipinski definition) is 4. The van der Waals surface area contributed by atoms with Crippen molar-refractivity contribution < 1.29 is 9.59 Å². The number of nitrogens with two attached hydrogens (primary N) is 1. The van der Waals surface area contributed by atoms with Crippen LogP contribution in [-0.4, -0.2) is 37.7 Å². The molecular formula is C27H25ClN8O3. The average molecular weight is 545 g/mol. The fourth-order valence-corrected chi connectivity index (χ4v) is 4.12. The Morgan fingerprint density at radius 1 is 1.03 bits per heavy atom. The lowest BCUT2D eigenvalue weighted by molar-refractivity contribution is 0.0950. The van der Waals surface area contributed by atoms with E-state index in [1.165, 1.54) is 23.1 Å². The Labute approximate surface area is 228 Å². The number of carbonyl (C=O) groups is 2. The number of nitrogens with one attached hydrogen (secondary N) is 3. The number of nitrogen functional groups attached to an aromatic ring is 1. The van der Waals surface area contributed by atoms with Gasteiger partial charge in [0.25, 0.3) is 11.5 Å². The van der Waals surface area contributed by atoms with Crippen LogP contribution in [0.25, 0.3) is 22.4 Å². The van der Waals surface area contributed by atoms with Gasteiger partial charge in [-0.15, -0.1) is 0 Å². The SMILES string of the molecule is CCn1nc(-c2cccc(-c3cncc(C(=O)NC4CC4)c3)c2)cc(NC(=O)Nc2c(N)cncc2Cl)c1=O. The Bertz CT molecular complexity index is 1610. The zero-order valence-electron chi connectivity index (χ0n) is 20.9. The van der Waals surface area contributed by atoms with Crippen molar-refractivity contribution in [2.45, 2.75) is 32.4 Å². The van der Waals surface area contributed by atoms with E-state index in [0.29, 0.717) is 16.8 Å². The molecule has 0 spiro atoms. The van der Waals surface area contributed by atoms with Crippen molar-refractivity contribution in [2.75, 3.05) is 16.4 Å². The third kappa shape index (κ3) is 5.88. The molecule has 1 aliphatic carbocycles. The smallest absolute Gasteiger partial charge is 0.323 e. The van der Waals surface area contributed by atoms with E-state index in [2.05, 4.69) is 31.0 Å². The quantitative estimate of drug-likeness (QED) is 0.272. The van der Waals surface area contributed by atoms with Gasteiger partial charge in [0, 0.05) is 42.3 Å². The summed E-state index contributed by atoms with van der Waals surface area (Å²) in [5.41, 5.74) is 8.99. The van der Waals surface area contributed by atoms with Gasteiger partial charge in [-0.2, -0.15) is 5.10 Å². The molecule has 0 saturated heterocycles. The van der Waals surface area contributed by atoms with Crippen molar-refractivity contribution in [1.29, 1.82) is 0 Å². The van der Waals surface area contributed by atoms with Gasteiger partial charge in [0.05, 0.1) is 33.9 Å². The van der Waals surface area contributed by atoms with Crippen LogP contribution in [0, 0.1) is 0 Å². The Kier molecular flexibility index (Phi) is 7.24. The standard InChI is InChI=1S/C27H25ClN8O3/c1-2-36-26(38)23(33-27(39)34-24-20(28)13-31-14-21(24)29)10-22(35-36)16-5-3-4-15(8-16)17-9-18(12-30-11-17)25(37)32-19-6-7-19/h3-5,8-14,19H,2,6-7,29H2,1H3,(H,32,37)(H2,31,33,34,39). The number of halogens is 1. The first-order valence-corrected chi connectivity index (χ1v) is 12.7. The van der Waals surface area contributed by atoms with Crippen molar-refractivity contribution in [3.8, 4) is 22.4 Å². The highest BCUT2D eigenvalue weighted by Gasteiger charge is 2.24. The number of pyridine rings is 2. The molecule has 11 nitrogen and oxygen atoms in total. The summed E-state index contributed by atoms with van der Waals surface area (Å²) in [6.45, 7) is 2.06. The summed E-state index contributed by atoms with van der Waals surface area (Å²) >= 11 is 6.09. The van der Waals surface area contributed by atoms with E-state index in [-0.39, 0.29) is 40.6 Å². The molecule has 5 N–H and O–H groups in total. The minimum atomic E-state index is -0.701. The summed E-state index contributed by atoms with van der Waals surface area (Å²) in [7, 11) is 0. The molecule has 1 fully saturated rings. The first kappa shape index (κ1) is 25.9. The minimum absolute atomic E-state index is 0.0221. The molecule has 3 amide bonds. The third-order valence-electron chi connectivity index (χ3n) is 6.09. The zero-order chi connectivity index (χ0) is 27.5. The first-order chi connectivity index (χ1) is 18.8. The first-order valence-electron chi connectivity index (χ1n) is 12.3. The highest BCUT2D eigenvalue weighted by atomic mass is 35.5. The molecule has 0 aliphatic heterocycles. The van der Waals surface area contributed by atoms with Crippen molar-refractivity contribution >= 4 is 40.6 Å². The second kappa shape index (κ2) is 10.9. The van der Waals surface area contributed by atoms with Crippen LogP contribution in [0.3, 0.4) is 0 Å². The number of hydrogen-bond acceptors (Lipinski definition) is 7. The van der Waals surface area contributed by atoms with Gasteiger partial charge in [0.15, 0.2) is 0 Å². The molecule has 0 atom stereocenters.